The highest BCUT2D eigenvalue weighted by Gasteiger charge is 2.49. The fourth-order valence-electron chi connectivity index (χ4n) is 3.88. The van der Waals surface area contributed by atoms with Gasteiger partial charge in [-0.1, -0.05) is 30.3 Å². The molecule has 1 aliphatic rings. The van der Waals surface area contributed by atoms with E-state index < -0.39 is 23.4 Å². The van der Waals surface area contributed by atoms with Crippen molar-refractivity contribution in [3.8, 4) is 5.88 Å². The average Bonchev–Trinajstić information content (AvgIpc) is 2.87. The van der Waals surface area contributed by atoms with Gasteiger partial charge in [0.1, 0.15) is 17.5 Å². The van der Waals surface area contributed by atoms with Crippen LogP contribution in [0.25, 0.3) is 11.0 Å². The number of nitrogens with one attached hydrogen (secondary N) is 1. The molecule has 1 fully saturated rings. The SMILES string of the molecule is COc1ccc2nccc(NC(=O)C3(C(=O)O)CCN(C(=O)OCc4ccccc4)CC3)c2n1. The number of ether oxygens (including phenoxy) is 2. The van der Waals surface area contributed by atoms with E-state index in [1.54, 1.807) is 18.2 Å². The van der Waals surface area contributed by atoms with Gasteiger partial charge < -0.3 is 24.8 Å². The minimum atomic E-state index is -1.69. The molecule has 0 aliphatic carbocycles. The zero-order valence-electron chi connectivity index (χ0n) is 18.6. The molecule has 1 aromatic carbocycles. The molecule has 10 heteroatoms. The van der Waals surface area contributed by atoms with Gasteiger partial charge in [0.25, 0.3) is 0 Å². The van der Waals surface area contributed by atoms with Gasteiger partial charge in [0.15, 0.2) is 0 Å². The Hall–Kier alpha value is -4.21. The Balaban J connectivity index is 1.45. The minimum Gasteiger partial charge on any atom is -0.481 e. The Morgan fingerprint density at radius 1 is 1.09 bits per heavy atom. The quantitative estimate of drug-likeness (QED) is 0.532. The van der Waals surface area contributed by atoms with Crippen molar-refractivity contribution in [2.75, 3.05) is 25.5 Å². The van der Waals surface area contributed by atoms with Gasteiger partial charge in [0, 0.05) is 25.4 Å². The molecule has 0 saturated carbocycles. The van der Waals surface area contributed by atoms with E-state index in [2.05, 4.69) is 15.3 Å². The maximum Gasteiger partial charge on any atom is 0.410 e. The number of carbonyl (C=O) groups excluding carboxylic acids is 2. The molecule has 0 spiro atoms. The van der Waals surface area contributed by atoms with E-state index in [1.807, 2.05) is 30.3 Å². The lowest BCUT2D eigenvalue weighted by Crippen LogP contribution is -2.52. The summed E-state index contributed by atoms with van der Waals surface area (Å²) in [6, 6.07) is 14.2. The Bertz CT molecular complexity index is 1210. The number of hydrogen-bond acceptors (Lipinski definition) is 7. The van der Waals surface area contributed by atoms with Crippen LogP contribution in [-0.4, -0.2) is 58.1 Å². The number of fused-ring (bicyclic) bond motifs is 1. The summed E-state index contributed by atoms with van der Waals surface area (Å²) in [7, 11) is 1.47. The van der Waals surface area contributed by atoms with Crippen molar-refractivity contribution in [3.05, 3.63) is 60.3 Å². The van der Waals surface area contributed by atoms with E-state index in [0.717, 1.165) is 5.56 Å². The van der Waals surface area contributed by atoms with Gasteiger partial charge in [-0.25, -0.2) is 9.78 Å². The van der Waals surface area contributed by atoms with Gasteiger partial charge >= 0.3 is 12.1 Å². The smallest absolute Gasteiger partial charge is 0.410 e. The lowest BCUT2D eigenvalue weighted by atomic mass is 9.77. The van der Waals surface area contributed by atoms with Crippen LogP contribution in [0.4, 0.5) is 10.5 Å². The molecule has 34 heavy (non-hydrogen) atoms. The molecule has 1 aliphatic heterocycles. The molecule has 3 aromatic rings. The van der Waals surface area contributed by atoms with Gasteiger partial charge in [-0.05, 0) is 30.5 Å². The molecule has 0 radical (unpaired) electrons. The summed E-state index contributed by atoms with van der Waals surface area (Å²) >= 11 is 0. The summed E-state index contributed by atoms with van der Waals surface area (Å²) in [6.45, 7) is 0.277. The summed E-state index contributed by atoms with van der Waals surface area (Å²) in [6.07, 6.45) is 0.868. The lowest BCUT2D eigenvalue weighted by Gasteiger charge is -2.37. The number of likely N-dealkylation sites (tertiary alicyclic amines) is 1. The van der Waals surface area contributed by atoms with Crippen molar-refractivity contribution in [1.82, 2.24) is 14.9 Å². The second kappa shape index (κ2) is 9.74. The number of carboxylic acid groups (broad SMARTS) is 1. The zero-order chi connectivity index (χ0) is 24.1. The summed E-state index contributed by atoms with van der Waals surface area (Å²) < 4.78 is 10.5. The highest BCUT2D eigenvalue weighted by atomic mass is 16.6. The summed E-state index contributed by atoms with van der Waals surface area (Å²) in [5.41, 5.74) is 0.405. The van der Waals surface area contributed by atoms with Crippen LogP contribution in [0.3, 0.4) is 0 Å². The Kier molecular flexibility index (Phi) is 6.58. The van der Waals surface area contributed by atoms with Gasteiger partial charge in [-0.2, -0.15) is 0 Å². The number of carbonyl (C=O) groups is 3. The first kappa shape index (κ1) is 23.0. The number of anilines is 1. The highest BCUT2D eigenvalue weighted by molar-refractivity contribution is 6.10. The molecule has 3 heterocycles. The number of piperidine rings is 1. The molecule has 2 aromatic heterocycles. The molecule has 0 atom stereocenters. The molecule has 2 amide bonds. The third kappa shape index (κ3) is 4.61. The fourth-order valence-corrected chi connectivity index (χ4v) is 3.88. The van der Waals surface area contributed by atoms with Crippen LogP contribution in [0.15, 0.2) is 54.7 Å². The van der Waals surface area contributed by atoms with Crippen LogP contribution in [0.2, 0.25) is 0 Å². The zero-order valence-corrected chi connectivity index (χ0v) is 18.6. The third-order valence-electron chi connectivity index (χ3n) is 5.94. The molecule has 2 N–H and O–H groups in total. The van der Waals surface area contributed by atoms with Crippen LogP contribution in [0, 0.1) is 5.41 Å². The van der Waals surface area contributed by atoms with Gasteiger partial charge in [-0.15, -0.1) is 0 Å². The molecule has 10 nitrogen and oxygen atoms in total. The van der Waals surface area contributed by atoms with Crippen molar-refractivity contribution in [1.29, 1.82) is 0 Å². The predicted octanol–water partition coefficient (Wildman–Crippen LogP) is 3.08. The van der Waals surface area contributed by atoms with Crippen molar-refractivity contribution in [2.24, 2.45) is 5.41 Å². The number of aliphatic carboxylic acids is 1. The number of nitrogens with zero attached hydrogens (tertiary/aromatic N) is 3. The average molecular weight is 464 g/mol. The Labute approximate surface area is 195 Å². The number of aromatic nitrogens is 2. The third-order valence-corrected chi connectivity index (χ3v) is 5.94. The van der Waals surface area contributed by atoms with E-state index in [0.29, 0.717) is 22.6 Å². The standard InChI is InChI=1S/C24H24N4O6/c1-33-19-8-7-17-20(27-19)18(9-12-25-17)26-21(29)24(22(30)31)10-13-28(14-11-24)23(32)34-15-16-5-3-2-4-6-16/h2-9,12H,10-11,13-15H2,1H3,(H,30,31)(H,25,26,29). The van der Waals surface area contributed by atoms with Crippen LogP contribution >= 0.6 is 0 Å². The van der Waals surface area contributed by atoms with Crippen molar-refractivity contribution in [3.63, 3.8) is 0 Å². The molecule has 1 saturated heterocycles. The lowest BCUT2D eigenvalue weighted by molar-refractivity contribution is -0.157. The van der Waals surface area contributed by atoms with Crippen LogP contribution in [0.5, 0.6) is 5.88 Å². The van der Waals surface area contributed by atoms with E-state index in [1.165, 1.54) is 18.2 Å². The van der Waals surface area contributed by atoms with Crippen LogP contribution in [0.1, 0.15) is 18.4 Å². The number of hydrogen-bond donors (Lipinski definition) is 2. The maximum atomic E-state index is 13.2. The number of carboxylic acids is 1. The van der Waals surface area contributed by atoms with Crippen LogP contribution < -0.4 is 10.1 Å². The van der Waals surface area contributed by atoms with E-state index >= 15 is 0 Å². The summed E-state index contributed by atoms with van der Waals surface area (Å²) in [5, 5.41) is 12.7. The van der Waals surface area contributed by atoms with Crippen molar-refractivity contribution < 1.29 is 29.0 Å². The van der Waals surface area contributed by atoms with Crippen molar-refractivity contribution in [2.45, 2.75) is 19.4 Å². The molecule has 0 bridgehead atoms. The molecule has 176 valence electrons. The highest BCUT2D eigenvalue weighted by Crippen LogP contribution is 2.34. The molecule has 0 unspecified atom stereocenters. The number of methoxy groups -OCH3 is 1. The molecule has 4 rings (SSSR count). The number of rotatable bonds is 6. The maximum absolute atomic E-state index is 13.2. The summed E-state index contributed by atoms with van der Waals surface area (Å²) in [5.74, 6) is -1.58. The van der Waals surface area contributed by atoms with E-state index in [-0.39, 0.29) is 32.5 Å². The first-order valence-corrected chi connectivity index (χ1v) is 10.7. The molecular formula is C24H24N4O6. The number of pyridine rings is 2. The second-order valence-electron chi connectivity index (χ2n) is 7.95. The van der Waals surface area contributed by atoms with E-state index in [9.17, 15) is 19.5 Å². The van der Waals surface area contributed by atoms with Crippen molar-refractivity contribution >= 4 is 34.7 Å². The summed E-state index contributed by atoms with van der Waals surface area (Å²) in [4.78, 5) is 47.8. The minimum absolute atomic E-state index is 0.0473. The van der Waals surface area contributed by atoms with Gasteiger partial charge in [0.2, 0.25) is 11.8 Å². The topological polar surface area (TPSA) is 131 Å². The predicted molar refractivity (Wildman–Crippen MR) is 122 cm³/mol. The first-order valence-electron chi connectivity index (χ1n) is 10.7. The van der Waals surface area contributed by atoms with Gasteiger partial charge in [-0.3, -0.25) is 14.6 Å². The largest absolute Gasteiger partial charge is 0.481 e. The van der Waals surface area contributed by atoms with Gasteiger partial charge in [0.05, 0.1) is 18.3 Å². The Morgan fingerprint density at radius 3 is 2.50 bits per heavy atom. The Morgan fingerprint density at radius 2 is 1.82 bits per heavy atom. The number of amides is 2. The monoisotopic (exact) mass is 464 g/mol. The fraction of sp³-hybridized carbons (Fsp3) is 0.292. The number of benzene rings is 1. The first-order chi connectivity index (χ1) is 16.4. The second-order valence-corrected chi connectivity index (χ2v) is 7.95. The normalized spacial score (nSPS) is 14.9. The molecular weight excluding hydrogens is 440 g/mol. The van der Waals surface area contributed by atoms with E-state index in [4.69, 9.17) is 9.47 Å². The van der Waals surface area contributed by atoms with Crippen LogP contribution in [-0.2, 0) is 20.9 Å².